The fourth-order valence-corrected chi connectivity index (χ4v) is 4.02. The number of ether oxygens (including phenoxy) is 1. The van der Waals surface area contributed by atoms with Crippen LogP contribution < -0.4 is 5.44 Å². The predicted molar refractivity (Wildman–Crippen MR) is 88.4 cm³/mol. The van der Waals surface area contributed by atoms with Gasteiger partial charge in [-0.25, -0.2) is 4.98 Å². The van der Waals surface area contributed by atoms with E-state index in [2.05, 4.69) is 9.97 Å². The van der Waals surface area contributed by atoms with Crippen LogP contribution in [-0.4, -0.2) is 59.3 Å². The maximum Gasteiger partial charge on any atom is 0.381 e. The lowest BCUT2D eigenvalue weighted by Gasteiger charge is -2.26. The van der Waals surface area contributed by atoms with Crippen molar-refractivity contribution in [2.24, 2.45) is 0 Å². The molecule has 0 atom stereocenters. The smallest absolute Gasteiger partial charge is 0.378 e. The first-order chi connectivity index (χ1) is 11.3. The number of nitrogens with zero attached hydrogens (tertiary/aromatic N) is 3. The van der Waals surface area contributed by atoms with E-state index < -0.39 is 7.60 Å². The van der Waals surface area contributed by atoms with Crippen molar-refractivity contribution in [3.05, 3.63) is 18.1 Å². The van der Waals surface area contributed by atoms with Crippen LogP contribution in [-0.2, 0) is 18.3 Å². The number of hydrogen-bond acceptors (Lipinski definition) is 7. The number of amides is 1. The molecule has 1 aromatic heterocycles. The second kappa shape index (κ2) is 8.16. The normalized spacial score (nSPS) is 16.0. The van der Waals surface area contributed by atoms with Gasteiger partial charge in [0.2, 0.25) is 0 Å². The average Bonchev–Trinajstić information content (AvgIpc) is 2.53. The van der Waals surface area contributed by atoms with Crippen LogP contribution >= 0.6 is 7.60 Å². The highest BCUT2D eigenvalue weighted by molar-refractivity contribution is 7.61. The molecule has 2 heterocycles. The zero-order valence-corrected chi connectivity index (χ0v) is 15.4. The molecule has 1 aromatic rings. The summed E-state index contributed by atoms with van der Waals surface area (Å²) in [6.45, 7) is 8.99. The third kappa shape index (κ3) is 4.83. The number of carbonyl (C=O) groups excluding carboxylic acids is 1. The van der Waals surface area contributed by atoms with Crippen LogP contribution in [0.5, 0.6) is 0 Å². The Morgan fingerprint density at radius 1 is 1.17 bits per heavy atom. The van der Waals surface area contributed by atoms with Gasteiger partial charge in [0.05, 0.1) is 37.8 Å². The Hall–Kier alpha value is -1.34. The van der Waals surface area contributed by atoms with Crippen LogP contribution in [0.1, 0.15) is 38.2 Å². The van der Waals surface area contributed by atoms with Crippen LogP contribution in [0.25, 0.3) is 0 Å². The molecule has 0 bridgehead atoms. The van der Waals surface area contributed by atoms with Crippen LogP contribution in [0.3, 0.4) is 0 Å². The van der Waals surface area contributed by atoms with Gasteiger partial charge in [-0.3, -0.25) is 14.3 Å². The Balaban J connectivity index is 2.29. The molecular formula is C15H24N3O5P. The lowest BCUT2D eigenvalue weighted by Crippen LogP contribution is -2.41. The van der Waals surface area contributed by atoms with Gasteiger partial charge in [0, 0.05) is 13.1 Å². The summed E-state index contributed by atoms with van der Waals surface area (Å²) in [5, 5.41) is 0. The van der Waals surface area contributed by atoms with Crippen molar-refractivity contribution < 1.29 is 23.1 Å². The van der Waals surface area contributed by atoms with E-state index in [1.165, 1.54) is 12.4 Å². The molecule has 0 N–H and O–H groups in total. The van der Waals surface area contributed by atoms with Crippen molar-refractivity contribution in [2.75, 3.05) is 26.3 Å². The Bertz CT molecular complexity index is 603. The minimum absolute atomic E-state index is 0.0454. The Morgan fingerprint density at radius 2 is 1.75 bits per heavy atom. The summed E-state index contributed by atoms with van der Waals surface area (Å²) in [5.74, 6) is -0.270. The highest BCUT2D eigenvalue weighted by Gasteiger charge is 2.33. The van der Waals surface area contributed by atoms with E-state index in [4.69, 9.17) is 13.8 Å². The summed E-state index contributed by atoms with van der Waals surface area (Å²) < 4.78 is 29.3. The van der Waals surface area contributed by atoms with Crippen LogP contribution in [0.2, 0.25) is 0 Å². The first-order valence-corrected chi connectivity index (χ1v) is 9.52. The average molecular weight is 357 g/mol. The summed E-state index contributed by atoms with van der Waals surface area (Å²) in [6.07, 6.45) is 2.03. The van der Waals surface area contributed by atoms with Crippen LogP contribution in [0, 0.1) is 0 Å². The van der Waals surface area contributed by atoms with Gasteiger partial charge in [0.25, 0.3) is 5.91 Å². The van der Waals surface area contributed by atoms with Gasteiger partial charge >= 0.3 is 7.60 Å². The molecule has 2 rings (SSSR count). The standard InChI is InChI=1S/C15H24N3O5P/c1-11(2)22-24(20,23-12(3)4)14-10-16-9-13(17-14)15(19)18-5-7-21-8-6-18/h9-12H,5-8H2,1-4H3. The predicted octanol–water partition coefficient (Wildman–Crippen LogP) is 1.62. The molecule has 1 aliphatic rings. The summed E-state index contributed by atoms with van der Waals surface area (Å²) >= 11 is 0. The van der Waals surface area contributed by atoms with Crippen molar-refractivity contribution in [1.29, 1.82) is 0 Å². The molecule has 134 valence electrons. The van der Waals surface area contributed by atoms with E-state index in [0.29, 0.717) is 26.3 Å². The summed E-state index contributed by atoms with van der Waals surface area (Å²) in [5.41, 5.74) is 0.165. The highest BCUT2D eigenvalue weighted by Crippen LogP contribution is 2.48. The molecule has 1 fully saturated rings. The second-order valence-electron chi connectivity index (χ2n) is 5.97. The SMILES string of the molecule is CC(C)OP(=O)(OC(C)C)c1cncc(C(=O)N2CCOCC2)n1. The molecule has 0 aromatic carbocycles. The van der Waals surface area contributed by atoms with Gasteiger partial charge in [-0.05, 0) is 27.7 Å². The molecule has 0 aliphatic carbocycles. The van der Waals surface area contributed by atoms with Crippen LogP contribution in [0.15, 0.2) is 12.4 Å². The minimum atomic E-state index is -3.66. The van der Waals surface area contributed by atoms with E-state index in [-0.39, 0.29) is 29.2 Å². The number of hydrogen-bond donors (Lipinski definition) is 0. The second-order valence-corrected chi connectivity index (χ2v) is 7.85. The van der Waals surface area contributed by atoms with Gasteiger partial charge in [-0.1, -0.05) is 0 Å². The molecule has 1 amide bonds. The lowest BCUT2D eigenvalue weighted by atomic mass is 10.3. The lowest BCUT2D eigenvalue weighted by molar-refractivity contribution is 0.0299. The minimum Gasteiger partial charge on any atom is -0.378 e. The van der Waals surface area contributed by atoms with Gasteiger partial charge in [-0.2, -0.15) is 0 Å². The maximum atomic E-state index is 13.1. The number of rotatable bonds is 6. The van der Waals surface area contributed by atoms with E-state index in [1.54, 1.807) is 32.6 Å². The molecule has 1 saturated heterocycles. The molecule has 1 aliphatic heterocycles. The Kier molecular flexibility index (Phi) is 6.46. The first-order valence-electron chi connectivity index (χ1n) is 7.98. The largest absolute Gasteiger partial charge is 0.381 e. The van der Waals surface area contributed by atoms with Crippen molar-refractivity contribution in [1.82, 2.24) is 14.9 Å². The molecule has 0 saturated carbocycles. The summed E-state index contributed by atoms with van der Waals surface area (Å²) in [7, 11) is -3.66. The molecule has 9 heteroatoms. The van der Waals surface area contributed by atoms with Crippen molar-refractivity contribution in [3.8, 4) is 0 Å². The van der Waals surface area contributed by atoms with Crippen molar-refractivity contribution >= 4 is 18.9 Å². The molecular weight excluding hydrogens is 333 g/mol. The summed E-state index contributed by atoms with van der Waals surface area (Å²) in [6, 6.07) is 0. The van der Waals surface area contributed by atoms with Gasteiger partial charge < -0.3 is 18.7 Å². The zero-order valence-electron chi connectivity index (χ0n) is 14.5. The summed E-state index contributed by atoms with van der Waals surface area (Å²) in [4.78, 5) is 22.4. The maximum absolute atomic E-state index is 13.1. The van der Waals surface area contributed by atoms with Crippen molar-refractivity contribution in [2.45, 2.75) is 39.9 Å². The number of morpholine rings is 1. The number of carbonyl (C=O) groups is 1. The monoisotopic (exact) mass is 357 g/mol. The fourth-order valence-electron chi connectivity index (χ4n) is 2.21. The molecule has 0 radical (unpaired) electrons. The van der Waals surface area contributed by atoms with Gasteiger partial charge in [-0.15, -0.1) is 0 Å². The number of aromatic nitrogens is 2. The molecule has 0 spiro atoms. The fraction of sp³-hybridized carbons (Fsp3) is 0.667. The van der Waals surface area contributed by atoms with Gasteiger partial charge in [0.1, 0.15) is 5.69 Å². The zero-order chi connectivity index (χ0) is 17.7. The third-order valence-corrected chi connectivity index (χ3v) is 5.29. The topological polar surface area (TPSA) is 90.9 Å². The third-order valence-electron chi connectivity index (χ3n) is 3.12. The molecule has 8 nitrogen and oxygen atoms in total. The van der Waals surface area contributed by atoms with E-state index in [0.717, 1.165) is 0 Å². The first kappa shape index (κ1) is 19.0. The Morgan fingerprint density at radius 3 is 2.29 bits per heavy atom. The van der Waals surface area contributed by atoms with Crippen LogP contribution in [0.4, 0.5) is 0 Å². The quantitative estimate of drug-likeness (QED) is 0.715. The van der Waals surface area contributed by atoms with E-state index >= 15 is 0 Å². The van der Waals surface area contributed by atoms with E-state index in [9.17, 15) is 9.36 Å². The molecule has 24 heavy (non-hydrogen) atoms. The van der Waals surface area contributed by atoms with E-state index in [1.807, 2.05) is 0 Å². The Labute approximate surface area is 142 Å². The highest BCUT2D eigenvalue weighted by atomic mass is 31.2. The molecule has 0 unspecified atom stereocenters. The van der Waals surface area contributed by atoms with Crippen molar-refractivity contribution in [3.63, 3.8) is 0 Å². The van der Waals surface area contributed by atoms with Gasteiger partial charge in [0.15, 0.2) is 5.44 Å².